The van der Waals surface area contributed by atoms with Crippen molar-refractivity contribution in [3.05, 3.63) is 27.7 Å². The normalized spacial score (nSPS) is 10.3. The molecule has 0 aromatic heterocycles. The first-order valence-corrected chi connectivity index (χ1v) is 5.05. The van der Waals surface area contributed by atoms with E-state index in [1.165, 1.54) is 7.11 Å². The first kappa shape index (κ1) is 12.0. The fourth-order valence-electron chi connectivity index (χ4n) is 1.29. The van der Waals surface area contributed by atoms with E-state index in [2.05, 4.69) is 15.9 Å². The van der Waals surface area contributed by atoms with Crippen LogP contribution in [0.15, 0.2) is 16.6 Å². The Labute approximate surface area is 95.6 Å². The van der Waals surface area contributed by atoms with Crippen LogP contribution < -0.4 is 0 Å². The van der Waals surface area contributed by atoms with Gasteiger partial charge in [0.05, 0.1) is 17.5 Å². The number of benzene rings is 1. The maximum absolute atomic E-state index is 10.6. The van der Waals surface area contributed by atoms with Gasteiger partial charge in [0.2, 0.25) is 0 Å². The van der Waals surface area contributed by atoms with Gasteiger partial charge in [0, 0.05) is 12.7 Å². The minimum absolute atomic E-state index is 0.0352. The molecular weight excluding hydrogens is 264 g/mol. The molecule has 0 radical (unpaired) electrons. The summed E-state index contributed by atoms with van der Waals surface area (Å²) in [6.07, 6.45) is -0.218. The fourth-order valence-corrected chi connectivity index (χ4v) is 1.66. The zero-order valence-electron chi connectivity index (χ0n) is 8.16. The number of carbonyl (C=O) groups is 1. The largest absolute Gasteiger partial charge is 0.506 e. The van der Waals surface area contributed by atoms with E-state index in [1.807, 2.05) is 0 Å². The molecule has 0 saturated carbocycles. The average molecular weight is 275 g/mol. The highest BCUT2D eigenvalue weighted by Crippen LogP contribution is 2.31. The van der Waals surface area contributed by atoms with Crippen LogP contribution in [-0.2, 0) is 22.6 Å². The van der Waals surface area contributed by atoms with Gasteiger partial charge in [-0.05, 0) is 27.6 Å². The van der Waals surface area contributed by atoms with Crippen LogP contribution in [0.4, 0.5) is 0 Å². The molecule has 5 heteroatoms. The second-order valence-corrected chi connectivity index (χ2v) is 3.89. The third-order valence-corrected chi connectivity index (χ3v) is 2.60. The standard InChI is InChI=1S/C10H11BrO4/c1-15-5-6-2-3-8(11)10(14)7(6)4-9(12)13/h2-3,14H,4-5H2,1H3,(H,12,13). The lowest BCUT2D eigenvalue weighted by atomic mass is 10.0. The van der Waals surface area contributed by atoms with Crippen LogP contribution in [-0.4, -0.2) is 23.3 Å². The van der Waals surface area contributed by atoms with E-state index in [1.54, 1.807) is 12.1 Å². The summed E-state index contributed by atoms with van der Waals surface area (Å²) in [6.45, 7) is 0.281. The number of ether oxygens (including phenoxy) is 1. The highest BCUT2D eigenvalue weighted by Gasteiger charge is 2.14. The van der Waals surface area contributed by atoms with Crippen molar-refractivity contribution in [1.29, 1.82) is 0 Å². The number of halogens is 1. The van der Waals surface area contributed by atoms with Gasteiger partial charge in [0.15, 0.2) is 0 Å². The van der Waals surface area contributed by atoms with Crippen molar-refractivity contribution in [1.82, 2.24) is 0 Å². The van der Waals surface area contributed by atoms with Gasteiger partial charge in [0.25, 0.3) is 0 Å². The van der Waals surface area contributed by atoms with Crippen molar-refractivity contribution in [2.24, 2.45) is 0 Å². The van der Waals surface area contributed by atoms with Crippen LogP contribution in [0.1, 0.15) is 11.1 Å². The maximum Gasteiger partial charge on any atom is 0.307 e. The van der Waals surface area contributed by atoms with E-state index in [4.69, 9.17) is 9.84 Å². The van der Waals surface area contributed by atoms with E-state index in [0.717, 1.165) is 0 Å². The molecule has 0 atom stereocenters. The highest BCUT2D eigenvalue weighted by atomic mass is 79.9. The molecule has 82 valence electrons. The zero-order chi connectivity index (χ0) is 11.4. The molecule has 0 aliphatic carbocycles. The number of carboxylic acid groups (broad SMARTS) is 1. The summed E-state index contributed by atoms with van der Waals surface area (Å²) in [6, 6.07) is 3.39. The Morgan fingerprint density at radius 3 is 2.73 bits per heavy atom. The van der Waals surface area contributed by atoms with Gasteiger partial charge < -0.3 is 14.9 Å². The number of carboxylic acids is 1. The third kappa shape index (κ3) is 2.94. The van der Waals surface area contributed by atoms with Crippen molar-refractivity contribution >= 4 is 21.9 Å². The van der Waals surface area contributed by atoms with Gasteiger partial charge in [-0.15, -0.1) is 0 Å². The summed E-state index contributed by atoms with van der Waals surface area (Å²) < 4.78 is 5.41. The second kappa shape index (κ2) is 5.14. The molecule has 0 bridgehead atoms. The molecule has 0 heterocycles. The lowest BCUT2D eigenvalue weighted by Crippen LogP contribution is -2.05. The number of methoxy groups -OCH3 is 1. The number of phenolic OH excluding ortho intramolecular Hbond substituents is 1. The van der Waals surface area contributed by atoms with Gasteiger partial charge in [-0.25, -0.2) is 0 Å². The molecule has 1 rings (SSSR count). The van der Waals surface area contributed by atoms with Crippen LogP contribution in [0.5, 0.6) is 5.75 Å². The number of rotatable bonds is 4. The molecule has 0 spiro atoms. The van der Waals surface area contributed by atoms with Crippen molar-refractivity contribution in [2.75, 3.05) is 7.11 Å². The summed E-state index contributed by atoms with van der Waals surface area (Å²) in [5.41, 5.74) is 1.07. The van der Waals surface area contributed by atoms with Crippen LogP contribution in [0.2, 0.25) is 0 Å². The molecule has 0 aliphatic rings. The number of hydrogen-bond donors (Lipinski definition) is 2. The van der Waals surface area contributed by atoms with E-state index in [0.29, 0.717) is 15.6 Å². The van der Waals surface area contributed by atoms with Gasteiger partial charge in [-0.3, -0.25) is 4.79 Å². The molecule has 2 N–H and O–H groups in total. The predicted molar refractivity (Wildman–Crippen MR) is 57.9 cm³/mol. The van der Waals surface area contributed by atoms with Gasteiger partial charge >= 0.3 is 5.97 Å². The van der Waals surface area contributed by atoms with Crippen molar-refractivity contribution in [3.8, 4) is 5.75 Å². The van der Waals surface area contributed by atoms with Gasteiger partial charge in [-0.1, -0.05) is 6.07 Å². The maximum atomic E-state index is 10.6. The fraction of sp³-hybridized carbons (Fsp3) is 0.300. The monoisotopic (exact) mass is 274 g/mol. The molecule has 1 aromatic rings. The van der Waals surface area contributed by atoms with Crippen LogP contribution >= 0.6 is 15.9 Å². The number of aromatic hydroxyl groups is 1. The molecular formula is C10H11BrO4. The van der Waals surface area contributed by atoms with E-state index in [9.17, 15) is 9.90 Å². The Morgan fingerprint density at radius 2 is 2.20 bits per heavy atom. The first-order valence-electron chi connectivity index (χ1n) is 4.26. The number of phenols is 1. The molecule has 0 amide bonds. The van der Waals surface area contributed by atoms with Gasteiger partial charge in [-0.2, -0.15) is 0 Å². The molecule has 1 aromatic carbocycles. The smallest absolute Gasteiger partial charge is 0.307 e. The summed E-state index contributed by atoms with van der Waals surface area (Å²) in [4.78, 5) is 10.6. The Bertz CT molecular complexity index is 376. The molecule has 0 unspecified atom stereocenters. The summed E-state index contributed by atoms with van der Waals surface area (Å²) in [7, 11) is 1.52. The lowest BCUT2D eigenvalue weighted by Gasteiger charge is -2.10. The van der Waals surface area contributed by atoms with E-state index in [-0.39, 0.29) is 18.8 Å². The quantitative estimate of drug-likeness (QED) is 0.881. The lowest BCUT2D eigenvalue weighted by molar-refractivity contribution is -0.136. The van der Waals surface area contributed by atoms with E-state index < -0.39 is 5.97 Å². The Morgan fingerprint density at radius 1 is 1.53 bits per heavy atom. The number of aliphatic carboxylic acids is 1. The SMILES string of the molecule is COCc1ccc(Br)c(O)c1CC(=O)O. The summed E-state index contributed by atoms with van der Waals surface area (Å²) >= 11 is 3.14. The summed E-state index contributed by atoms with van der Waals surface area (Å²) in [5, 5.41) is 18.4. The topological polar surface area (TPSA) is 66.8 Å². The zero-order valence-corrected chi connectivity index (χ0v) is 9.74. The van der Waals surface area contributed by atoms with Gasteiger partial charge in [0.1, 0.15) is 5.75 Å². The first-order chi connectivity index (χ1) is 7.06. The molecule has 4 nitrogen and oxygen atoms in total. The number of hydrogen-bond acceptors (Lipinski definition) is 3. The second-order valence-electron chi connectivity index (χ2n) is 3.04. The Balaban J connectivity index is 3.15. The van der Waals surface area contributed by atoms with E-state index >= 15 is 0 Å². The van der Waals surface area contributed by atoms with Crippen LogP contribution in [0.3, 0.4) is 0 Å². The molecule has 0 saturated heterocycles. The minimum Gasteiger partial charge on any atom is -0.506 e. The molecule has 15 heavy (non-hydrogen) atoms. The predicted octanol–water partition coefficient (Wildman–Crippen LogP) is 1.93. The third-order valence-electron chi connectivity index (χ3n) is 1.96. The van der Waals surface area contributed by atoms with Crippen LogP contribution in [0, 0.1) is 0 Å². The molecule has 0 aliphatic heterocycles. The highest BCUT2D eigenvalue weighted by molar-refractivity contribution is 9.10. The van der Waals surface area contributed by atoms with Crippen molar-refractivity contribution < 1.29 is 19.7 Å². The Hall–Kier alpha value is -1.07. The van der Waals surface area contributed by atoms with Crippen LogP contribution in [0.25, 0.3) is 0 Å². The summed E-state index contributed by atoms with van der Waals surface area (Å²) in [5.74, 6) is -1.02. The minimum atomic E-state index is -0.985. The average Bonchev–Trinajstić information content (AvgIpc) is 2.17. The van der Waals surface area contributed by atoms with Crippen molar-refractivity contribution in [2.45, 2.75) is 13.0 Å². The van der Waals surface area contributed by atoms with Crippen molar-refractivity contribution in [3.63, 3.8) is 0 Å². The molecule has 0 fully saturated rings. The Kier molecular flexibility index (Phi) is 4.11.